The monoisotopic (exact) mass is 389 g/mol. The Morgan fingerprint density at radius 1 is 0.857 bits per heavy atom. The van der Waals surface area contributed by atoms with Crippen molar-refractivity contribution in [2.45, 2.75) is 38.1 Å². The molecule has 0 aromatic heterocycles. The molecule has 1 aromatic rings. The lowest BCUT2D eigenvalue weighted by atomic mass is 10.2. The third-order valence-electron chi connectivity index (χ3n) is 3.53. The predicted octanol–water partition coefficient (Wildman–Crippen LogP) is 6.25. The van der Waals surface area contributed by atoms with Crippen molar-refractivity contribution in [2.75, 3.05) is 13.2 Å². The van der Waals surface area contributed by atoms with E-state index >= 15 is 0 Å². The number of halogens is 5. The number of benzene rings is 1. The van der Waals surface area contributed by atoms with Gasteiger partial charge in [-0.05, 0) is 25.8 Å². The van der Waals surface area contributed by atoms with E-state index in [0.717, 1.165) is 13.0 Å². The highest BCUT2D eigenvalue weighted by Gasteiger charge is 2.20. The average Bonchev–Trinajstić information content (AvgIpc) is 2.99. The fourth-order valence-electron chi connectivity index (χ4n) is 2.39. The molecule has 21 heavy (non-hydrogen) atoms. The lowest BCUT2D eigenvalue weighted by Crippen LogP contribution is -2.27. The van der Waals surface area contributed by atoms with Crippen LogP contribution >= 0.6 is 58.0 Å². The lowest BCUT2D eigenvalue weighted by Gasteiger charge is -2.15. The van der Waals surface area contributed by atoms with Gasteiger partial charge in [-0.2, -0.15) is 0 Å². The lowest BCUT2D eigenvalue weighted by molar-refractivity contribution is 0.305. The van der Waals surface area contributed by atoms with E-state index in [4.69, 9.17) is 62.7 Å². The first-order valence-corrected chi connectivity index (χ1v) is 8.79. The topological polar surface area (TPSA) is 21.3 Å². The summed E-state index contributed by atoms with van der Waals surface area (Å²) in [5.74, 6) is 0.290. The fourth-order valence-corrected chi connectivity index (χ4v) is 3.62. The van der Waals surface area contributed by atoms with Crippen LogP contribution in [-0.4, -0.2) is 19.2 Å². The van der Waals surface area contributed by atoms with E-state index in [1.54, 1.807) is 0 Å². The van der Waals surface area contributed by atoms with Crippen LogP contribution < -0.4 is 10.1 Å². The van der Waals surface area contributed by atoms with E-state index in [0.29, 0.717) is 18.4 Å². The molecule has 0 heterocycles. The highest BCUT2D eigenvalue weighted by molar-refractivity contribution is 6.55. The number of nitrogens with one attached hydrogen (secondary N) is 1. The summed E-state index contributed by atoms with van der Waals surface area (Å²) in [6.07, 6.45) is 6.02. The molecule has 1 aliphatic carbocycles. The smallest absolute Gasteiger partial charge is 0.159 e. The van der Waals surface area contributed by atoms with Gasteiger partial charge in [0.2, 0.25) is 0 Å². The molecule has 2 nitrogen and oxygen atoms in total. The Kier molecular flexibility index (Phi) is 7.05. The zero-order valence-electron chi connectivity index (χ0n) is 11.3. The first kappa shape index (κ1) is 17.8. The van der Waals surface area contributed by atoms with E-state index < -0.39 is 0 Å². The van der Waals surface area contributed by atoms with E-state index in [1.165, 1.54) is 25.7 Å². The van der Waals surface area contributed by atoms with Crippen LogP contribution in [0.3, 0.4) is 0 Å². The van der Waals surface area contributed by atoms with Crippen LogP contribution in [0.5, 0.6) is 5.75 Å². The van der Waals surface area contributed by atoms with Crippen molar-refractivity contribution in [3.05, 3.63) is 25.1 Å². The minimum Gasteiger partial charge on any atom is -0.490 e. The van der Waals surface area contributed by atoms with Gasteiger partial charge < -0.3 is 10.1 Å². The summed E-state index contributed by atoms with van der Waals surface area (Å²) in [7, 11) is 0. The average molecular weight is 392 g/mol. The second-order valence-corrected chi connectivity index (χ2v) is 6.93. The summed E-state index contributed by atoms with van der Waals surface area (Å²) < 4.78 is 5.62. The third-order valence-corrected chi connectivity index (χ3v) is 5.77. The van der Waals surface area contributed by atoms with Gasteiger partial charge in [-0.25, -0.2) is 0 Å². The SMILES string of the molecule is Clc1c(Cl)c(Cl)c(OCCCNC2CCCC2)c(Cl)c1Cl. The van der Waals surface area contributed by atoms with Crippen LogP contribution in [0.25, 0.3) is 0 Å². The van der Waals surface area contributed by atoms with Crippen molar-refractivity contribution >= 4 is 58.0 Å². The third kappa shape index (κ3) is 4.46. The molecule has 1 saturated carbocycles. The summed E-state index contributed by atoms with van der Waals surface area (Å²) in [5, 5.41) is 4.36. The summed E-state index contributed by atoms with van der Waals surface area (Å²) >= 11 is 30.1. The Balaban J connectivity index is 1.85. The molecule has 0 radical (unpaired) electrons. The van der Waals surface area contributed by atoms with E-state index in [-0.39, 0.29) is 25.1 Å². The Morgan fingerprint density at radius 2 is 1.38 bits per heavy atom. The largest absolute Gasteiger partial charge is 0.490 e. The fraction of sp³-hybridized carbons (Fsp3) is 0.571. The molecule has 0 atom stereocenters. The molecule has 0 bridgehead atoms. The minimum atomic E-state index is 0.142. The van der Waals surface area contributed by atoms with Gasteiger partial charge >= 0.3 is 0 Å². The van der Waals surface area contributed by atoms with Crippen molar-refractivity contribution < 1.29 is 4.74 Å². The van der Waals surface area contributed by atoms with Crippen LogP contribution in [-0.2, 0) is 0 Å². The maximum atomic E-state index is 6.09. The quantitative estimate of drug-likeness (QED) is 0.351. The molecule has 1 fully saturated rings. The molecule has 7 heteroatoms. The molecule has 2 rings (SSSR count). The number of hydrogen-bond donors (Lipinski definition) is 1. The Bertz CT molecular complexity index is 474. The molecular formula is C14H16Cl5NO. The molecule has 1 aliphatic rings. The highest BCUT2D eigenvalue weighted by atomic mass is 35.5. The summed E-state index contributed by atoms with van der Waals surface area (Å²) in [6, 6.07) is 0.650. The van der Waals surface area contributed by atoms with Crippen molar-refractivity contribution in [3.63, 3.8) is 0 Å². The molecule has 1 N–H and O–H groups in total. The van der Waals surface area contributed by atoms with Crippen LogP contribution in [0.15, 0.2) is 0 Å². The Morgan fingerprint density at radius 3 is 1.95 bits per heavy atom. The van der Waals surface area contributed by atoms with E-state index in [2.05, 4.69) is 5.32 Å². The minimum absolute atomic E-state index is 0.142. The van der Waals surface area contributed by atoms with Crippen LogP contribution in [0.1, 0.15) is 32.1 Å². The van der Waals surface area contributed by atoms with Gasteiger partial charge in [0, 0.05) is 6.04 Å². The summed E-state index contributed by atoms with van der Waals surface area (Å²) in [4.78, 5) is 0. The van der Waals surface area contributed by atoms with Crippen molar-refractivity contribution in [2.24, 2.45) is 0 Å². The molecule has 0 aliphatic heterocycles. The second-order valence-electron chi connectivity index (χ2n) is 5.04. The maximum Gasteiger partial charge on any atom is 0.159 e. The molecule has 0 unspecified atom stereocenters. The number of rotatable bonds is 6. The molecule has 0 spiro atoms. The van der Waals surface area contributed by atoms with Gasteiger partial charge in [-0.15, -0.1) is 0 Å². The van der Waals surface area contributed by atoms with E-state index in [1.807, 2.05) is 0 Å². The summed E-state index contributed by atoms with van der Waals surface area (Å²) in [5.41, 5.74) is 0. The van der Waals surface area contributed by atoms with Crippen LogP contribution in [0.2, 0.25) is 25.1 Å². The van der Waals surface area contributed by atoms with Gasteiger partial charge in [0.15, 0.2) is 5.75 Å². The molecule has 0 amide bonds. The van der Waals surface area contributed by atoms with Gasteiger partial charge in [0.05, 0.1) is 21.7 Å². The Labute approximate surface area is 150 Å². The molecule has 0 saturated heterocycles. The molecule has 118 valence electrons. The maximum absolute atomic E-state index is 6.09. The first-order chi connectivity index (χ1) is 10.0. The van der Waals surface area contributed by atoms with Gasteiger partial charge in [-0.3, -0.25) is 0 Å². The van der Waals surface area contributed by atoms with Crippen LogP contribution in [0.4, 0.5) is 0 Å². The number of ether oxygens (including phenoxy) is 1. The van der Waals surface area contributed by atoms with Crippen molar-refractivity contribution in [3.8, 4) is 5.75 Å². The highest BCUT2D eigenvalue weighted by Crippen LogP contribution is 2.48. The standard InChI is InChI=1S/C14H16Cl5NO/c15-9-10(16)12(18)14(13(19)11(9)17)21-7-3-6-20-8-4-1-2-5-8/h8,20H,1-7H2. The normalized spacial score (nSPS) is 15.7. The molecular weight excluding hydrogens is 375 g/mol. The van der Waals surface area contributed by atoms with E-state index in [9.17, 15) is 0 Å². The van der Waals surface area contributed by atoms with Gasteiger partial charge in [0.1, 0.15) is 10.0 Å². The molecule has 1 aromatic carbocycles. The zero-order valence-corrected chi connectivity index (χ0v) is 15.1. The van der Waals surface area contributed by atoms with Crippen molar-refractivity contribution in [1.82, 2.24) is 5.32 Å². The number of hydrogen-bond acceptors (Lipinski definition) is 2. The summed E-state index contributed by atoms with van der Waals surface area (Å²) in [6.45, 7) is 1.38. The first-order valence-electron chi connectivity index (χ1n) is 6.90. The zero-order chi connectivity index (χ0) is 15.4. The Hall–Kier alpha value is 0.430. The van der Waals surface area contributed by atoms with Crippen LogP contribution in [0, 0.1) is 0 Å². The van der Waals surface area contributed by atoms with Crippen molar-refractivity contribution in [1.29, 1.82) is 0 Å². The predicted molar refractivity (Wildman–Crippen MR) is 91.9 cm³/mol. The van der Waals surface area contributed by atoms with Gasteiger partial charge in [0.25, 0.3) is 0 Å². The second kappa shape index (κ2) is 8.33. The van der Waals surface area contributed by atoms with Gasteiger partial charge in [-0.1, -0.05) is 70.8 Å².